The van der Waals surface area contributed by atoms with E-state index in [-0.39, 0.29) is 0 Å². The van der Waals surface area contributed by atoms with E-state index in [0.29, 0.717) is 11.5 Å². The van der Waals surface area contributed by atoms with E-state index >= 15 is 0 Å². The molecule has 1 N–H and O–H groups in total. The van der Waals surface area contributed by atoms with Crippen LogP contribution in [0.25, 0.3) is 0 Å². The van der Waals surface area contributed by atoms with E-state index in [1.54, 1.807) is 0 Å². The van der Waals surface area contributed by atoms with Gasteiger partial charge in [0.15, 0.2) is 0 Å². The Bertz CT molecular complexity index is 361. The van der Waals surface area contributed by atoms with Crippen LogP contribution < -0.4 is 0 Å². The summed E-state index contributed by atoms with van der Waals surface area (Å²) in [5.74, 6) is -0.301. The Kier molecular flexibility index (Phi) is 1.68. The first kappa shape index (κ1) is 8.35. The highest BCUT2D eigenvalue weighted by Crippen LogP contribution is 2.42. The molecule has 70 valence electrons. The average molecular weight is 179 g/mol. The number of rotatable bonds is 2. The summed E-state index contributed by atoms with van der Waals surface area (Å²) in [6.45, 7) is 1.86. The molecule has 0 unspecified atom stereocenters. The lowest BCUT2D eigenvalue weighted by molar-refractivity contribution is 0.0695. The second kappa shape index (κ2) is 2.62. The third kappa shape index (κ3) is 1.24. The van der Waals surface area contributed by atoms with Crippen LogP contribution in [0, 0.1) is 6.92 Å². The molecule has 1 saturated carbocycles. The molecule has 0 spiro atoms. The van der Waals surface area contributed by atoms with E-state index in [0.717, 1.165) is 24.1 Å². The first-order valence-corrected chi connectivity index (χ1v) is 4.50. The van der Waals surface area contributed by atoms with Gasteiger partial charge in [0, 0.05) is 24.9 Å². The molecule has 0 saturated heterocycles. The molecule has 0 aromatic carbocycles. The summed E-state index contributed by atoms with van der Waals surface area (Å²) in [6, 6.07) is 0. The van der Waals surface area contributed by atoms with Gasteiger partial charge in [-0.05, 0) is 25.3 Å². The van der Waals surface area contributed by atoms with Gasteiger partial charge in [0.25, 0.3) is 0 Å². The van der Waals surface area contributed by atoms with Crippen molar-refractivity contribution in [3.8, 4) is 0 Å². The minimum atomic E-state index is -0.792. The molecule has 1 fully saturated rings. The Balaban J connectivity index is 2.56. The van der Waals surface area contributed by atoms with Gasteiger partial charge in [-0.25, -0.2) is 4.79 Å². The molecule has 13 heavy (non-hydrogen) atoms. The van der Waals surface area contributed by atoms with Crippen molar-refractivity contribution in [2.45, 2.75) is 25.7 Å². The molecule has 0 aliphatic heterocycles. The summed E-state index contributed by atoms with van der Waals surface area (Å²) < 4.78 is 1.95. The number of carboxylic acid groups (broad SMARTS) is 1. The van der Waals surface area contributed by atoms with Crippen molar-refractivity contribution in [3.63, 3.8) is 0 Å². The largest absolute Gasteiger partial charge is 0.478 e. The number of carbonyl (C=O) groups is 1. The number of hydrogen-bond donors (Lipinski definition) is 1. The summed E-state index contributed by atoms with van der Waals surface area (Å²) in [6.07, 6.45) is 4.17. The molecule has 0 bridgehead atoms. The van der Waals surface area contributed by atoms with Crippen LogP contribution in [0.4, 0.5) is 0 Å². The zero-order valence-corrected chi connectivity index (χ0v) is 7.87. The maximum Gasteiger partial charge on any atom is 0.337 e. The fraction of sp³-hybridized carbons (Fsp3) is 0.500. The Morgan fingerprint density at radius 2 is 2.23 bits per heavy atom. The Morgan fingerprint density at radius 3 is 2.69 bits per heavy atom. The van der Waals surface area contributed by atoms with E-state index in [9.17, 15) is 4.79 Å². The molecule has 3 nitrogen and oxygen atoms in total. The number of nitrogens with zero attached hydrogens (tertiary/aromatic N) is 1. The standard InChI is InChI=1S/C10H13NO2/c1-6-5-11(2)9(7-3-4-7)8(6)10(12)13/h5,7H,3-4H2,1-2H3,(H,12,13). The lowest BCUT2D eigenvalue weighted by atomic mass is 10.1. The first-order valence-electron chi connectivity index (χ1n) is 4.50. The highest BCUT2D eigenvalue weighted by molar-refractivity contribution is 5.91. The van der Waals surface area contributed by atoms with Gasteiger partial charge in [-0.3, -0.25) is 0 Å². The van der Waals surface area contributed by atoms with Crippen molar-refractivity contribution in [1.82, 2.24) is 4.57 Å². The molecule has 1 aliphatic carbocycles. The van der Waals surface area contributed by atoms with Crippen LogP contribution in [0.2, 0.25) is 0 Å². The number of aromatic nitrogens is 1. The Morgan fingerprint density at radius 1 is 1.62 bits per heavy atom. The van der Waals surface area contributed by atoms with Crippen molar-refractivity contribution in [1.29, 1.82) is 0 Å². The van der Waals surface area contributed by atoms with Crippen LogP contribution in [-0.4, -0.2) is 15.6 Å². The molecule has 0 atom stereocenters. The molecule has 1 aromatic heterocycles. The number of carboxylic acids is 1. The molecule has 1 aromatic rings. The highest BCUT2D eigenvalue weighted by atomic mass is 16.4. The van der Waals surface area contributed by atoms with Gasteiger partial charge in [-0.1, -0.05) is 0 Å². The van der Waals surface area contributed by atoms with E-state index in [4.69, 9.17) is 5.11 Å². The first-order chi connectivity index (χ1) is 6.11. The lowest BCUT2D eigenvalue weighted by Crippen LogP contribution is -2.03. The summed E-state index contributed by atoms with van der Waals surface area (Å²) in [4.78, 5) is 11.0. The van der Waals surface area contributed by atoms with Crippen LogP contribution in [0.15, 0.2) is 6.20 Å². The van der Waals surface area contributed by atoms with Gasteiger partial charge >= 0.3 is 5.97 Å². The SMILES string of the molecule is Cc1cn(C)c(C2CC2)c1C(=O)O. The molecular formula is C10H13NO2. The second-order valence-electron chi connectivity index (χ2n) is 3.76. The minimum Gasteiger partial charge on any atom is -0.478 e. The second-order valence-corrected chi connectivity index (χ2v) is 3.76. The van der Waals surface area contributed by atoms with Crippen LogP contribution in [0.1, 0.15) is 40.4 Å². The van der Waals surface area contributed by atoms with Gasteiger partial charge in [0.05, 0.1) is 5.56 Å². The third-order valence-electron chi connectivity index (χ3n) is 2.60. The highest BCUT2D eigenvalue weighted by Gasteiger charge is 2.31. The molecule has 2 rings (SSSR count). The fourth-order valence-electron chi connectivity index (χ4n) is 1.93. The topological polar surface area (TPSA) is 42.2 Å². The predicted molar refractivity (Wildman–Crippen MR) is 49.1 cm³/mol. The fourth-order valence-corrected chi connectivity index (χ4v) is 1.93. The zero-order chi connectivity index (χ0) is 9.59. The lowest BCUT2D eigenvalue weighted by Gasteiger charge is -2.02. The third-order valence-corrected chi connectivity index (χ3v) is 2.60. The molecule has 0 radical (unpaired) electrons. The van der Waals surface area contributed by atoms with Crippen LogP contribution in [0.5, 0.6) is 0 Å². The average Bonchev–Trinajstić information content (AvgIpc) is 2.77. The normalized spacial score (nSPS) is 16.2. The van der Waals surface area contributed by atoms with Crippen LogP contribution >= 0.6 is 0 Å². The number of aryl methyl sites for hydroxylation is 2. The van der Waals surface area contributed by atoms with Gasteiger partial charge in [0.1, 0.15) is 0 Å². The minimum absolute atomic E-state index is 0.491. The van der Waals surface area contributed by atoms with Crippen molar-refractivity contribution >= 4 is 5.97 Å². The smallest absolute Gasteiger partial charge is 0.337 e. The Hall–Kier alpha value is -1.25. The molecule has 1 heterocycles. The monoisotopic (exact) mass is 179 g/mol. The van der Waals surface area contributed by atoms with Gasteiger partial charge in [-0.2, -0.15) is 0 Å². The maximum atomic E-state index is 11.0. The van der Waals surface area contributed by atoms with E-state index < -0.39 is 5.97 Å². The van der Waals surface area contributed by atoms with Crippen LogP contribution in [0.3, 0.4) is 0 Å². The van der Waals surface area contributed by atoms with Crippen molar-refractivity contribution in [2.24, 2.45) is 7.05 Å². The van der Waals surface area contributed by atoms with E-state index in [1.807, 2.05) is 24.7 Å². The van der Waals surface area contributed by atoms with E-state index in [1.165, 1.54) is 0 Å². The van der Waals surface area contributed by atoms with E-state index in [2.05, 4.69) is 0 Å². The quantitative estimate of drug-likeness (QED) is 0.753. The van der Waals surface area contributed by atoms with Gasteiger partial charge in [-0.15, -0.1) is 0 Å². The van der Waals surface area contributed by atoms with Gasteiger partial charge < -0.3 is 9.67 Å². The predicted octanol–water partition coefficient (Wildman–Crippen LogP) is 1.91. The Labute approximate surface area is 77.0 Å². The summed E-state index contributed by atoms with van der Waals surface area (Å²) >= 11 is 0. The van der Waals surface area contributed by atoms with Crippen molar-refractivity contribution in [2.75, 3.05) is 0 Å². The number of hydrogen-bond acceptors (Lipinski definition) is 1. The summed E-state index contributed by atoms with van der Waals surface area (Å²) in [5.41, 5.74) is 2.40. The summed E-state index contributed by atoms with van der Waals surface area (Å²) in [5, 5.41) is 9.02. The summed E-state index contributed by atoms with van der Waals surface area (Å²) in [7, 11) is 1.92. The molecule has 3 heteroatoms. The van der Waals surface area contributed by atoms with Crippen LogP contribution in [-0.2, 0) is 7.05 Å². The maximum absolute atomic E-state index is 11.0. The molecular weight excluding hydrogens is 166 g/mol. The van der Waals surface area contributed by atoms with Gasteiger partial charge in [0.2, 0.25) is 0 Å². The zero-order valence-electron chi connectivity index (χ0n) is 7.87. The molecule has 0 amide bonds. The van der Waals surface area contributed by atoms with Crippen molar-refractivity contribution < 1.29 is 9.90 Å². The number of aromatic carboxylic acids is 1. The molecule has 1 aliphatic rings. The van der Waals surface area contributed by atoms with Crippen molar-refractivity contribution in [3.05, 3.63) is 23.0 Å².